The van der Waals surface area contributed by atoms with Crippen molar-refractivity contribution in [2.75, 3.05) is 18.6 Å². The fourth-order valence-corrected chi connectivity index (χ4v) is 8.18. The van der Waals surface area contributed by atoms with Gasteiger partial charge in [-0.1, -0.05) is 190 Å². The van der Waals surface area contributed by atoms with Crippen LogP contribution < -0.4 is 9.64 Å². The number of ether oxygens (including phenoxy) is 2. The lowest BCUT2D eigenvalue weighted by Gasteiger charge is -2.34. The van der Waals surface area contributed by atoms with Crippen molar-refractivity contribution in [1.29, 1.82) is 0 Å². The number of amides is 1. The summed E-state index contributed by atoms with van der Waals surface area (Å²) in [5, 5.41) is 0. The summed E-state index contributed by atoms with van der Waals surface area (Å²) < 4.78 is 26.4. The lowest BCUT2D eigenvalue weighted by molar-refractivity contribution is 0.0131. The van der Waals surface area contributed by atoms with Crippen molar-refractivity contribution in [1.82, 2.24) is 4.98 Å². The Bertz CT molecular complexity index is 1640. The number of pyridine rings is 1. The molecule has 1 aliphatic carbocycles. The van der Waals surface area contributed by atoms with E-state index in [0.29, 0.717) is 36.7 Å². The zero-order valence-corrected chi connectivity index (χ0v) is 36.6. The number of methoxy groups -OCH3 is 1. The molecule has 0 radical (unpaired) electrons. The predicted octanol–water partition coefficient (Wildman–Crippen LogP) is 14.7. The number of aromatic nitrogens is 1. The van der Waals surface area contributed by atoms with Crippen LogP contribution in [-0.4, -0.2) is 30.6 Å². The van der Waals surface area contributed by atoms with Crippen LogP contribution in [0.4, 0.5) is 10.2 Å². The minimum absolute atomic E-state index is 0.0393. The molecule has 0 bridgehead atoms. The molecule has 4 rings (SSSR count). The Balaban J connectivity index is 0.958. The summed E-state index contributed by atoms with van der Waals surface area (Å²) in [6, 6.07) is 20.6. The quantitative estimate of drug-likeness (QED) is 0.0631. The van der Waals surface area contributed by atoms with Gasteiger partial charge < -0.3 is 9.47 Å². The van der Waals surface area contributed by atoms with Crippen LogP contribution in [0.2, 0.25) is 0 Å². The van der Waals surface area contributed by atoms with Gasteiger partial charge >= 0.3 is 0 Å². The molecule has 318 valence electrons. The Morgan fingerprint density at radius 3 is 1.88 bits per heavy atom. The summed E-state index contributed by atoms with van der Waals surface area (Å²) in [4.78, 5) is 19.6. The third kappa shape index (κ3) is 17.6. The first-order valence-electron chi connectivity index (χ1n) is 22.9. The lowest BCUT2D eigenvalue weighted by Crippen LogP contribution is -2.33. The maximum Gasteiger partial charge on any atom is 0.262 e. The molecule has 1 aliphatic rings. The number of carbonyl (C=O) groups is 1. The second kappa shape index (κ2) is 27.1. The van der Waals surface area contributed by atoms with Crippen molar-refractivity contribution in [2.24, 2.45) is 11.3 Å². The number of aryl methyl sites for hydroxylation is 1. The first-order chi connectivity index (χ1) is 28.3. The van der Waals surface area contributed by atoms with E-state index >= 15 is 0 Å². The Hall–Kier alpha value is -3.77. The summed E-state index contributed by atoms with van der Waals surface area (Å²) in [7, 11) is 1.49. The number of hydrogen-bond acceptors (Lipinski definition) is 4. The lowest BCUT2D eigenvalue weighted by atomic mass is 9.73. The monoisotopic (exact) mass is 795 g/mol. The van der Waals surface area contributed by atoms with Gasteiger partial charge in [-0.25, -0.2) is 9.37 Å². The van der Waals surface area contributed by atoms with Gasteiger partial charge in [0.15, 0.2) is 0 Å². The van der Waals surface area contributed by atoms with Gasteiger partial charge in [-0.15, -0.1) is 0 Å². The Morgan fingerprint density at radius 2 is 1.33 bits per heavy atom. The molecule has 0 spiro atoms. The number of allylic oxidation sites excluding steroid dienone is 4. The zero-order valence-electron chi connectivity index (χ0n) is 36.6. The van der Waals surface area contributed by atoms with E-state index in [2.05, 4.69) is 73.5 Å². The van der Waals surface area contributed by atoms with Crippen LogP contribution in [0, 0.1) is 24.1 Å². The fraction of sp³-hybridized carbons (Fsp3) is 0.577. The Kier molecular flexibility index (Phi) is 21.9. The van der Waals surface area contributed by atoms with Crippen molar-refractivity contribution in [3.05, 3.63) is 114 Å². The molecule has 6 heteroatoms. The van der Waals surface area contributed by atoms with Gasteiger partial charge in [-0.3, -0.25) is 9.69 Å². The number of unbranched alkanes of at least 4 members (excludes halogenated alkanes) is 18. The highest BCUT2D eigenvalue weighted by Gasteiger charge is 2.29. The van der Waals surface area contributed by atoms with E-state index in [4.69, 9.17) is 9.47 Å². The normalized spacial score (nSPS) is 15.1. The van der Waals surface area contributed by atoms with Gasteiger partial charge in [0.05, 0.1) is 25.4 Å². The minimum Gasteiger partial charge on any atom is -0.497 e. The van der Waals surface area contributed by atoms with Crippen LogP contribution >= 0.6 is 0 Å². The summed E-state index contributed by atoms with van der Waals surface area (Å²) in [6.45, 7) is 7.83. The number of halogens is 1. The maximum atomic E-state index is 14.8. The van der Waals surface area contributed by atoms with E-state index < -0.39 is 5.82 Å². The standard InChI is InChI=1S/C52H75FN2O3/c1-43-30-29-35-50(54-43)55(51(56)48-37-36-46(57-4)41-49(48)53)39-28-21-19-17-15-13-11-9-7-5-6-8-10-12-14-16-18-20-25-34-47(58-42-44-31-23-22-24-32-44)40-45-33-26-27-38-52(45,2)3/h22-24,26-27,29-33,35-38,41,45,47H,5-21,25,28,34,39-40,42H2,1-4H3. The highest BCUT2D eigenvalue weighted by Crippen LogP contribution is 2.37. The third-order valence-corrected chi connectivity index (χ3v) is 12.0. The molecular formula is C52H75FN2O3. The number of carbonyl (C=O) groups excluding carboxylic acids is 1. The third-order valence-electron chi connectivity index (χ3n) is 12.0. The van der Waals surface area contributed by atoms with Crippen LogP contribution in [0.1, 0.15) is 170 Å². The smallest absolute Gasteiger partial charge is 0.262 e. The summed E-state index contributed by atoms with van der Waals surface area (Å²) >= 11 is 0. The van der Waals surface area contributed by atoms with Gasteiger partial charge in [-0.05, 0) is 67.3 Å². The molecular weight excluding hydrogens is 720 g/mol. The highest BCUT2D eigenvalue weighted by molar-refractivity contribution is 6.05. The molecule has 3 aromatic rings. The molecule has 1 amide bonds. The van der Waals surface area contributed by atoms with E-state index in [9.17, 15) is 9.18 Å². The number of anilines is 1. The van der Waals surface area contributed by atoms with Gasteiger partial charge in [0.25, 0.3) is 5.91 Å². The van der Waals surface area contributed by atoms with Gasteiger partial charge in [0.1, 0.15) is 17.4 Å². The molecule has 0 saturated carbocycles. The van der Waals surface area contributed by atoms with Crippen molar-refractivity contribution in [3.63, 3.8) is 0 Å². The average molecular weight is 795 g/mol. The van der Waals surface area contributed by atoms with Crippen LogP contribution in [0.3, 0.4) is 0 Å². The van der Waals surface area contributed by atoms with Crippen LogP contribution in [0.15, 0.2) is 91.0 Å². The Labute approximate surface area is 351 Å². The van der Waals surface area contributed by atoms with Crippen LogP contribution in [0.5, 0.6) is 5.75 Å². The van der Waals surface area contributed by atoms with Crippen LogP contribution in [0.25, 0.3) is 0 Å². The van der Waals surface area contributed by atoms with Crippen molar-refractivity contribution in [2.45, 2.75) is 168 Å². The number of rotatable bonds is 30. The van der Waals surface area contributed by atoms with E-state index in [1.807, 2.05) is 25.1 Å². The van der Waals surface area contributed by atoms with Crippen molar-refractivity contribution >= 4 is 11.7 Å². The number of hydrogen-bond donors (Lipinski definition) is 0. The SMILES string of the molecule is COc1ccc(C(=O)N(CCCCCCCCCCCCCCCCCCCCCC(CC2C=CC=CC2(C)C)OCc2ccccc2)c2cccc(C)n2)c(F)c1. The molecule has 0 fully saturated rings. The first kappa shape index (κ1) is 46.9. The predicted molar refractivity (Wildman–Crippen MR) is 241 cm³/mol. The molecule has 0 aliphatic heterocycles. The summed E-state index contributed by atoms with van der Waals surface area (Å²) in [5.41, 5.74) is 2.32. The largest absolute Gasteiger partial charge is 0.497 e. The molecule has 2 unspecified atom stereocenters. The van der Waals surface area contributed by atoms with Gasteiger partial charge in [0.2, 0.25) is 0 Å². The molecule has 1 heterocycles. The highest BCUT2D eigenvalue weighted by atomic mass is 19.1. The molecule has 2 atom stereocenters. The van der Waals surface area contributed by atoms with E-state index in [-0.39, 0.29) is 16.9 Å². The topological polar surface area (TPSA) is 51.7 Å². The minimum atomic E-state index is -0.578. The van der Waals surface area contributed by atoms with Crippen molar-refractivity contribution in [3.8, 4) is 5.75 Å². The van der Waals surface area contributed by atoms with Gasteiger partial charge in [0, 0.05) is 18.3 Å². The average Bonchev–Trinajstić information content (AvgIpc) is 3.22. The number of nitrogens with zero attached hydrogens (tertiary/aromatic N) is 2. The molecule has 2 aromatic carbocycles. The molecule has 1 aromatic heterocycles. The summed E-state index contributed by atoms with van der Waals surface area (Å²) in [5.74, 6) is 0.547. The van der Waals surface area contributed by atoms with E-state index in [1.54, 1.807) is 11.0 Å². The zero-order chi connectivity index (χ0) is 41.3. The van der Waals surface area contributed by atoms with E-state index in [1.165, 1.54) is 128 Å². The molecule has 0 saturated heterocycles. The first-order valence-corrected chi connectivity index (χ1v) is 22.9. The summed E-state index contributed by atoms with van der Waals surface area (Å²) in [6.07, 6.45) is 36.2. The van der Waals surface area contributed by atoms with Crippen molar-refractivity contribution < 1.29 is 18.7 Å². The number of benzene rings is 2. The Morgan fingerprint density at radius 1 is 0.741 bits per heavy atom. The van der Waals surface area contributed by atoms with Gasteiger partial charge in [-0.2, -0.15) is 0 Å². The maximum absolute atomic E-state index is 14.8. The molecule has 0 N–H and O–H groups in total. The molecule has 5 nitrogen and oxygen atoms in total. The molecule has 58 heavy (non-hydrogen) atoms. The fourth-order valence-electron chi connectivity index (χ4n) is 8.18. The second-order valence-electron chi connectivity index (χ2n) is 17.3. The van der Waals surface area contributed by atoms with E-state index in [0.717, 1.165) is 37.8 Å². The van der Waals surface area contributed by atoms with Crippen LogP contribution in [-0.2, 0) is 11.3 Å². The second-order valence-corrected chi connectivity index (χ2v) is 17.3.